The summed E-state index contributed by atoms with van der Waals surface area (Å²) in [5.41, 5.74) is 0. The van der Waals surface area contributed by atoms with Gasteiger partial charge in [-0.15, -0.1) is 0 Å². The van der Waals surface area contributed by atoms with Crippen molar-refractivity contribution in [3.8, 4) is 0 Å². The molecule has 0 N–H and O–H groups in total. The first-order valence-electron chi connectivity index (χ1n) is 3.66. The van der Waals surface area contributed by atoms with Gasteiger partial charge in [0.25, 0.3) is 0 Å². The highest BCUT2D eigenvalue weighted by Crippen LogP contribution is 2.48. The highest BCUT2D eigenvalue weighted by molar-refractivity contribution is 7.63. The maximum atomic E-state index is 11.4. The van der Waals surface area contributed by atoms with Gasteiger partial charge >= 0.3 is 0 Å². The second kappa shape index (κ2) is 2.46. The minimum absolute atomic E-state index is 0.717. The second-order valence-corrected chi connectivity index (χ2v) is 6.86. The van der Waals surface area contributed by atoms with Gasteiger partial charge in [-0.25, -0.2) is 0 Å². The van der Waals surface area contributed by atoms with Crippen LogP contribution >= 0.6 is 7.14 Å². The Hall–Kier alpha value is 0.230. The Morgan fingerprint density at radius 1 is 1.56 bits per heavy atom. The largest absolute Gasteiger partial charge is 0.324 e. The first kappa shape index (κ1) is 7.34. The molecule has 1 heterocycles. The molecule has 0 aromatic heterocycles. The Morgan fingerprint density at radius 3 is 2.56 bits per heavy atom. The lowest BCUT2D eigenvalue weighted by Crippen LogP contribution is -2.11. The predicted molar refractivity (Wildman–Crippen MR) is 41.7 cm³/mol. The van der Waals surface area contributed by atoms with Gasteiger partial charge in [-0.05, 0) is 25.4 Å². The summed E-state index contributed by atoms with van der Waals surface area (Å²) in [7, 11) is -1.64. The topological polar surface area (TPSA) is 17.1 Å². The lowest BCUT2D eigenvalue weighted by atomic mass is 10.1. The van der Waals surface area contributed by atoms with Gasteiger partial charge in [0.05, 0.1) is 7.14 Å². The van der Waals surface area contributed by atoms with Gasteiger partial charge in [-0.3, -0.25) is 0 Å². The van der Waals surface area contributed by atoms with Crippen LogP contribution in [0.2, 0.25) is 0 Å². The molecular weight excluding hydrogens is 131 g/mol. The van der Waals surface area contributed by atoms with Gasteiger partial charge in [-0.1, -0.05) is 6.92 Å². The fourth-order valence-electron chi connectivity index (χ4n) is 1.62. The summed E-state index contributed by atoms with van der Waals surface area (Å²) >= 11 is 0. The van der Waals surface area contributed by atoms with E-state index in [-0.39, 0.29) is 0 Å². The molecule has 54 valence electrons. The van der Waals surface area contributed by atoms with Crippen molar-refractivity contribution in [2.24, 2.45) is 5.92 Å². The second-order valence-electron chi connectivity index (χ2n) is 3.45. The fourth-order valence-corrected chi connectivity index (χ4v) is 4.15. The van der Waals surface area contributed by atoms with Crippen LogP contribution in [0, 0.1) is 5.92 Å². The Kier molecular flexibility index (Phi) is 2.00. The van der Waals surface area contributed by atoms with E-state index in [0.29, 0.717) is 0 Å². The molecule has 9 heavy (non-hydrogen) atoms. The molecule has 0 amide bonds. The highest BCUT2D eigenvalue weighted by atomic mass is 31.2. The quantitative estimate of drug-likeness (QED) is 0.479. The van der Waals surface area contributed by atoms with Crippen LogP contribution < -0.4 is 0 Å². The molecule has 0 aliphatic carbocycles. The van der Waals surface area contributed by atoms with Crippen LogP contribution in [0.5, 0.6) is 0 Å². The van der Waals surface area contributed by atoms with Crippen LogP contribution in [0.3, 0.4) is 0 Å². The summed E-state index contributed by atoms with van der Waals surface area (Å²) in [6.07, 6.45) is 4.47. The molecule has 1 aliphatic rings. The van der Waals surface area contributed by atoms with Gasteiger partial charge in [0.15, 0.2) is 0 Å². The molecule has 1 fully saturated rings. The Morgan fingerprint density at radius 2 is 2.22 bits per heavy atom. The van der Waals surface area contributed by atoms with Crippen LogP contribution in [-0.4, -0.2) is 19.0 Å². The van der Waals surface area contributed by atoms with Crippen LogP contribution in [0.25, 0.3) is 0 Å². The molecular formula is C7H15OP. The third-order valence-corrected chi connectivity index (χ3v) is 4.68. The lowest BCUT2D eigenvalue weighted by Gasteiger charge is -2.23. The Balaban J connectivity index is 2.51. The third-order valence-electron chi connectivity index (χ3n) is 2.03. The zero-order chi connectivity index (χ0) is 6.91. The average molecular weight is 146 g/mol. The van der Waals surface area contributed by atoms with Gasteiger partial charge < -0.3 is 4.57 Å². The van der Waals surface area contributed by atoms with Crippen molar-refractivity contribution in [3.05, 3.63) is 0 Å². The van der Waals surface area contributed by atoms with Crippen LogP contribution in [-0.2, 0) is 4.57 Å². The van der Waals surface area contributed by atoms with Crippen molar-refractivity contribution in [1.82, 2.24) is 0 Å². The molecule has 1 rings (SSSR count). The van der Waals surface area contributed by atoms with Crippen molar-refractivity contribution in [1.29, 1.82) is 0 Å². The number of hydrogen-bond acceptors (Lipinski definition) is 1. The van der Waals surface area contributed by atoms with E-state index >= 15 is 0 Å². The molecule has 1 aliphatic heterocycles. The molecule has 1 nitrogen and oxygen atoms in total. The summed E-state index contributed by atoms with van der Waals surface area (Å²) in [5, 5.41) is 0. The molecule has 0 aromatic carbocycles. The van der Waals surface area contributed by atoms with Crippen molar-refractivity contribution in [2.45, 2.75) is 19.8 Å². The standard InChI is InChI=1S/C7H15OP/c1-7-4-3-5-9(2,8)6-7/h7H,3-6H2,1-2H3. The molecule has 2 unspecified atom stereocenters. The van der Waals surface area contributed by atoms with Crippen LogP contribution in [0.4, 0.5) is 0 Å². The number of hydrogen-bond donors (Lipinski definition) is 0. The SMILES string of the molecule is CC1CCCP(C)(=O)C1. The van der Waals surface area contributed by atoms with Crippen molar-refractivity contribution >= 4 is 7.14 Å². The Bertz CT molecular complexity index is 142. The monoisotopic (exact) mass is 146 g/mol. The normalized spacial score (nSPS) is 44.9. The smallest absolute Gasteiger partial charge is 0.0851 e. The van der Waals surface area contributed by atoms with E-state index in [0.717, 1.165) is 18.2 Å². The van der Waals surface area contributed by atoms with E-state index in [1.54, 1.807) is 0 Å². The maximum absolute atomic E-state index is 11.4. The number of rotatable bonds is 0. The summed E-state index contributed by atoms with van der Waals surface area (Å²) in [6, 6.07) is 0. The first-order chi connectivity index (χ1) is 4.10. The lowest BCUT2D eigenvalue weighted by molar-refractivity contribution is 0.515. The Labute approximate surface area is 57.2 Å². The van der Waals surface area contributed by atoms with Crippen LogP contribution in [0.1, 0.15) is 19.8 Å². The minimum atomic E-state index is -1.64. The molecule has 0 bridgehead atoms. The molecule has 0 saturated carbocycles. The van der Waals surface area contributed by atoms with E-state index in [4.69, 9.17) is 0 Å². The van der Waals surface area contributed by atoms with Gasteiger partial charge in [0.2, 0.25) is 0 Å². The minimum Gasteiger partial charge on any atom is -0.324 e. The molecule has 2 atom stereocenters. The van der Waals surface area contributed by atoms with E-state index < -0.39 is 7.14 Å². The molecule has 0 aromatic rings. The molecule has 1 saturated heterocycles. The maximum Gasteiger partial charge on any atom is 0.0851 e. The van der Waals surface area contributed by atoms with Gasteiger partial charge in [-0.2, -0.15) is 0 Å². The highest BCUT2D eigenvalue weighted by Gasteiger charge is 2.23. The van der Waals surface area contributed by atoms with E-state index in [2.05, 4.69) is 6.92 Å². The average Bonchev–Trinajstić information content (AvgIpc) is 1.60. The molecule has 0 spiro atoms. The molecule has 0 radical (unpaired) electrons. The predicted octanol–water partition coefficient (Wildman–Crippen LogP) is 2.41. The summed E-state index contributed by atoms with van der Waals surface area (Å²) in [4.78, 5) is 0. The van der Waals surface area contributed by atoms with Crippen molar-refractivity contribution < 1.29 is 4.57 Å². The van der Waals surface area contributed by atoms with Crippen molar-refractivity contribution in [3.63, 3.8) is 0 Å². The van der Waals surface area contributed by atoms with Crippen molar-refractivity contribution in [2.75, 3.05) is 19.0 Å². The summed E-state index contributed by atoms with van der Waals surface area (Å²) in [6.45, 7) is 4.15. The zero-order valence-electron chi connectivity index (χ0n) is 6.26. The van der Waals surface area contributed by atoms with Gasteiger partial charge in [0.1, 0.15) is 0 Å². The third kappa shape index (κ3) is 2.14. The summed E-state index contributed by atoms with van der Waals surface area (Å²) < 4.78 is 11.4. The molecule has 2 heteroatoms. The van der Waals surface area contributed by atoms with E-state index in [1.165, 1.54) is 12.8 Å². The zero-order valence-corrected chi connectivity index (χ0v) is 7.16. The summed E-state index contributed by atoms with van der Waals surface area (Å²) in [5.74, 6) is 0.717. The van der Waals surface area contributed by atoms with Gasteiger partial charge in [0, 0.05) is 12.3 Å². The van der Waals surface area contributed by atoms with Crippen LogP contribution in [0.15, 0.2) is 0 Å². The fraction of sp³-hybridized carbons (Fsp3) is 1.00. The van der Waals surface area contributed by atoms with E-state index in [1.807, 2.05) is 6.66 Å². The van der Waals surface area contributed by atoms with E-state index in [9.17, 15) is 4.57 Å². The first-order valence-corrected chi connectivity index (χ1v) is 6.18.